The maximum atomic E-state index is 12.7. The van der Waals surface area contributed by atoms with Crippen LogP contribution in [-0.2, 0) is 28.8 Å². The van der Waals surface area contributed by atoms with Crippen molar-refractivity contribution >= 4 is 41.1 Å². The minimum absolute atomic E-state index is 0.0568. The Hall–Kier alpha value is -3.96. The number of amides is 6. The second-order valence-electron chi connectivity index (χ2n) is 13.1. The zero-order valence-corrected chi connectivity index (χ0v) is 28.8. The van der Waals surface area contributed by atoms with Crippen LogP contribution in [0, 0.1) is 24.7 Å². The van der Waals surface area contributed by atoms with Crippen LogP contribution in [0.4, 0.5) is 5.69 Å². The largest absolute Gasteiger partial charge is 0.355 e. The molecule has 0 radical (unpaired) electrons. The topological polar surface area (TPSA) is 157 Å². The van der Waals surface area contributed by atoms with Gasteiger partial charge in [0.1, 0.15) is 17.8 Å². The summed E-state index contributed by atoms with van der Waals surface area (Å²) in [4.78, 5) is 73.5. The Morgan fingerprint density at radius 2 is 1.20 bits per heavy atom. The van der Waals surface area contributed by atoms with Crippen LogP contribution in [0.2, 0.25) is 0 Å². The Labute approximate surface area is 273 Å². The van der Waals surface area contributed by atoms with Crippen molar-refractivity contribution in [3.8, 4) is 0 Å². The summed E-state index contributed by atoms with van der Waals surface area (Å²) in [6.07, 6.45) is 3.75. The Morgan fingerprint density at radius 1 is 0.696 bits per heavy atom. The van der Waals surface area contributed by atoms with Gasteiger partial charge in [-0.1, -0.05) is 24.1 Å². The van der Waals surface area contributed by atoms with E-state index in [-0.39, 0.29) is 53.6 Å². The summed E-state index contributed by atoms with van der Waals surface area (Å²) in [6.45, 7) is 15.4. The van der Waals surface area contributed by atoms with E-state index in [1.807, 2.05) is 72.7 Å². The molecule has 3 aliphatic heterocycles. The van der Waals surface area contributed by atoms with Crippen molar-refractivity contribution in [2.45, 2.75) is 98.7 Å². The average Bonchev–Trinajstić information content (AvgIpc) is 3.48. The molecule has 1 aromatic rings. The average molecular weight is 643 g/mol. The zero-order valence-electron chi connectivity index (χ0n) is 28.8. The quantitative estimate of drug-likeness (QED) is 0.335. The molecule has 3 saturated heterocycles. The molecule has 46 heavy (non-hydrogen) atoms. The van der Waals surface area contributed by atoms with Crippen molar-refractivity contribution in [1.82, 2.24) is 26.2 Å². The number of nitrogens with zero attached hydrogens (tertiary/aromatic N) is 2. The van der Waals surface area contributed by atoms with E-state index in [4.69, 9.17) is 0 Å². The summed E-state index contributed by atoms with van der Waals surface area (Å²) >= 11 is 0. The van der Waals surface area contributed by atoms with E-state index >= 15 is 0 Å². The molecule has 0 aromatic heterocycles. The van der Waals surface area contributed by atoms with Gasteiger partial charge in [0, 0.05) is 50.5 Å². The number of likely N-dealkylation sites (tertiary alicyclic amines) is 1. The maximum absolute atomic E-state index is 12.7. The van der Waals surface area contributed by atoms with Crippen molar-refractivity contribution in [2.75, 3.05) is 31.6 Å². The first-order valence-electron chi connectivity index (χ1n) is 16.4. The third kappa shape index (κ3) is 11.8. The molecule has 1 aromatic carbocycles. The highest BCUT2D eigenvalue weighted by Gasteiger charge is 2.35. The molecule has 0 bridgehead atoms. The lowest BCUT2D eigenvalue weighted by atomic mass is 10.0. The van der Waals surface area contributed by atoms with E-state index < -0.39 is 17.8 Å². The maximum Gasteiger partial charge on any atom is 0.239 e. The number of carbonyl (C=O) groups excluding carboxylic acids is 6. The Kier molecular flexibility index (Phi) is 15.2. The number of benzene rings is 1. The van der Waals surface area contributed by atoms with Crippen LogP contribution < -0.4 is 26.2 Å². The number of carbonyl (C=O) groups is 6. The lowest BCUT2D eigenvalue weighted by Gasteiger charge is -2.24. The van der Waals surface area contributed by atoms with Crippen LogP contribution in [0.25, 0.3) is 0 Å². The number of hydrogen-bond acceptors (Lipinski definition) is 6. The lowest BCUT2D eigenvalue weighted by molar-refractivity contribution is -0.138. The van der Waals surface area contributed by atoms with Crippen LogP contribution in [0.15, 0.2) is 24.3 Å². The third-order valence-electron chi connectivity index (χ3n) is 7.75. The van der Waals surface area contributed by atoms with E-state index in [0.29, 0.717) is 38.9 Å². The van der Waals surface area contributed by atoms with Gasteiger partial charge in [0.05, 0.1) is 0 Å². The highest BCUT2D eigenvalue weighted by atomic mass is 16.2. The number of rotatable bonds is 7. The molecule has 0 aliphatic carbocycles. The van der Waals surface area contributed by atoms with Gasteiger partial charge >= 0.3 is 0 Å². The van der Waals surface area contributed by atoms with Crippen LogP contribution in [0.3, 0.4) is 0 Å². The lowest BCUT2D eigenvalue weighted by Crippen LogP contribution is -2.44. The molecule has 3 heterocycles. The van der Waals surface area contributed by atoms with Crippen molar-refractivity contribution in [3.63, 3.8) is 0 Å². The minimum Gasteiger partial charge on any atom is -0.355 e. The Morgan fingerprint density at radius 3 is 1.63 bits per heavy atom. The smallest absolute Gasteiger partial charge is 0.239 e. The van der Waals surface area contributed by atoms with Gasteiger partial charge in [-0.3, -0.25) is 28.8 Å². The Balaban J connectivity index is 0.000000255. The Bertz CT molecular complexity index is 1210. The fraction of sp³-hybridized carbons (Fsp3) is 0.647. The molecule has 12 heteroatoms. The summed E-state index contributed by atoms with van der Waals surface area (Å²) in [5, 5.41) is 11.0. The SMILES string of the molecule is CC(C)NC(=O)C1CCN(C)C1=O.CC(C)NC(=O)C1CCNC1=O.Cc1ccc(N2CCCCC(C(=O)NC(C)C)C2=O)cc1. The van der Waals surface area contributed by atoms with E-state index in [0.717, 1.165) is 24.1 Å². The highest BCUT2D eigenvalue weighted by Crippen LogP contribution is 2.24. The van der Waals surface area contributed by atoms with Gasteiger partial charge in [-0.25, -0.2) is 0 Å². The fourth-order valence-electron chi connectivity index (χ4n) is 5.33. The molecule has 0 saturated carbocycles. The van der Waals surface area contributed by atoms with E-state index in [1.54, 1.807) is 16.8 Å². The molecule has 12 nitrogen and oxygen atoms in total. The summed E-state index contributed by atoms with van der Waals surface area (Å²) in [5.41, 5.74) is 2.05. The van der Waals surface area contributed by atoms with Gasteiger partial charge in [-0.05, 0) is 86.3 Å². The minimum atomic E-state index is -0.559. The summed E-state index contributed by atoms with van der Waals surface area (Å²) in [7, 11) is 1.73. The van der Waals surface area contributed by atoms with Crippen molar-refractivity contribution in [2.24, 2.45) is 17.8 Å². The van der Waals surface area contributed by atoms with Crippen molar-refractivity contribution in [3.05, 3.63) is 29.8 Å². The van der Waals surface area contributed by atoms with Gasteiger partial charge in [0.25, 0.3) is 0 Å². The van der Waals surface area contributed by atoms with E-state index in [9.17, 15) is 28.8 Å². The van der Waals surface area contributed by atoms with Crippen LogP contribution >= 0.6 is 0 Å². The first-order chi connectivity index (χ1) is 21.6. The van der Waals surface area contributed by atoms with E-state index in [1.165, 1.54) is 0 Å². The summed E-state index contributed by atoms with van der Waals surface area (Å²) in [6, 6.07) is 8.16. The van der Waals surface area contributed by atoms with Gasteiger partial charge in [0.15, 0.2) is 0 Å². The normalized spacial score (nSPS) is 21.2. The monoisotopic (exact) mass is 642 g/mol. The highest BCUT2D eigenvalue weighted by molar-refractivity contribution is 6.08. The van der Waals surface area contributed by atoms with Crippen molar-refractivity contribution in [1.29, 1.82) is 0 Å². The molecule has 3 unspecified atom stereocenters. The van der Waals surface area contributed by atoms with Crippen molar-refractivity contribution < 1.29 is 28.8 Å². The summed E-state index contributed by atoms with van der Waals surface area (Å²) in [5.74, 6) is -2.19. The number of anilines is 1. The van der Waals surface area contributed by atoms with Crippen LogP contribution in [0.1, 0.15) is 79.2 Å². The fourth-order valence-corrected chi connectivity index (χ4v) is 5.33. The first kappa shape index (κ1) is 38.2. The second-order valence-corrected chi connectivity index (χ2v) is 13.1. The molecule has 3 fully saturated rings. The number of aryl methyl sites for hydroxylation is 1. The molecular formula is C34H54N6O6. The predicted octanol–water partition coefficient (Wildman–Crippen LogP) is 2.29. The molecule has 0 spiro atoms. The second kappa shape index (κ2) is 18.3. The standard InChI is InChI=1S/C17H24N2O2.C9H16N2O2.C8H14N2O2/c1-12(2)18-16(20)15-6-4-5-11-19(17(15)21)14-9-7-13(3)8-10-14;1-6(2)10-8(12)7-4-5-11(3)9(7)13;1-5(2)10-8(12)6-3-4-9-7(6)11/h7-10,12,15H,4-6,11H2,1-3H3,(H,18,20);6-7H,4-5H2,1-3H3,(H,10,12);5-6H,3-4H2,1-2H3,(H,9,11)(H,10,12). The van der Waals surface area contributed by atoms with E-state index in [2.05, 4.69) is 21.3 Å². The molecule has 3 atom stereocenters. The van der Waals surface area contributed by atoms with Gasteiger partial charge < -0.3 is 31.1 Å². The van der Waals surface area contributed by atoms with Crippen LogP contribution in [0.5, 0.6) is 0 Å². The summed E-state index contributed by atoms with van der Waals surface area (Å²) < 4.78 is 0. The first-order valence-corrected chi connectivity index (χ1v) is 16.4. The molecular weight excluding hydrogens is 588 g/mol. The van der Waals surface area contributed by atoms with Gasteiger partial charge in [-0.2, -0.15) is 0 Å². The van der Waals surface area contributed by atoms with Crippen LogP contribution in [-0.4, -0.2) is 85.2 Å². The molecule has 4 N–H and O–H groups in total. The predicted molar refractivity (Wildman–Crippen MR) is 178 cm³/mol. The number of hydrogen-bond donors (Lipinski definition) is 4. The molecule has 256 valence electrons. The molecule has 4 rings (SSSR count). The molecule has 3 aliphatic rings. The molecule has 6 amide bonds. The van der Waals surface area contributed by atoms with Gasteiger partial charge in [0.2, 0.25) is 35.4 Å². The third-order valence-corrected chi connectivity index (χ3v) is 7.75. The zero-order chi connectivity index (χ0) is 34.6. The van der Waals surface area contributed by atoms with Gasteiger partial charge in [-0.15, -0.1) is 0 Å². The number of nitrogens with one attached hydrogen (secondary N) is 4.